The average Bonchev–Trinajstić information content (AvgIpc) is 3.10. The first-order valence-corrected chi connectivity index (χ1v) is 12.2. The monoisotopic (exact) mass is 431 g/mol. The first-order chi connectivity index (χ1) is 14.9. The second-order valence-corrected chi connectivity index (χ2v) is 9.76. The maximum atomic E-state index is 13.3. The third-order valence-corrected chi connectivity index (χ3v) is 7.01. The number of carbonyl (C=O) groups excluding carboxylic acids is 2. The van der Waals surface area contributed by atoms with Gasteiger partial charge in [-0.25, -0.2) is 0 Å². The van der Waals surface area contributed by atoms with E-state index in [-0.39, 0.29) is 17.4 Å². The third-order valence-electron chi connectivity index (χ3n) is 7.01. The van der Waals surface area contributed by atoms with Crippen LogP contribution in [0.3, 0.4) is 0 Å². The number of rotatable bonds is 4. The van der Waals surface area contributed by atoms with Crippen LogP contribution < -0.4 is 5.32 Å². The molecule has 0 unspecified atom stereocenters. The van der Waals surface area contributed by atoms with Gasteiger partial charge >= 0.3 is 0 Å². The molecular formula is C24H41N5O2. The molecule has 1 spiro atoms. The molecule has 1 aromatic rings. The molecule has 0 radical (unpaired) electrons. The van der Waals surface area contributed by atoms with Crippen LogP contribution in [-0.2, 0) is 11.3 Å². The van der Waals surface area contributed by atoms with Crippen LogP contribution in [0.5, 0.6) is 0 Å². The largest absolute Gasteiger partial charge is 0.354 e. The summed E-state index contributed by atoms with van der Waals surface area (Å²) in [6.45, 7) is 12.9. The van der Waals surface area contributed by atoms with Crippen molar-refractivity contribution in [1.82, 2.24) is 24.9 Å². The van der Waals surface area contributed by atoms with E-state index in [1.54, 1.807) is 6.20 Å². The second kappa shape index (κ2) is 10.6. The van der Waals surface area contributed by atoms with Crippen molar-refractivity contribution in [3.63, 3.8) is 0 Å². The Bertz CT molecular complexity index is 751. The molecule has 0 aromatic carbocycles. The Morgan fingerprint density at radius 1 is 1.16 bits per heavy atom. The van der Waals surface area contributed by atoms with Gasteiger partial charge in [-0.1, -0.05) is 33.1 Å². The van der Waals surface area contributed by atoms with Gasteiger partial charge in [-0.2, -0.15) is 5.10 Å². The first kappa shape index (κ1) is 23.8. The zero-order valence-electron chi connectivity index (χ0n) is 20.0. The molecule has 1 N–H and O–H groups in total. The Morgan fingerprint density at radius 3 is 2.55 bits per heavy atom. The van der Waals surface area contributed by atoms with Crippen LogP contribution >= 0.6 is 0 Å². The Balaban J connectivity index is 1.79. The van der Waals surface area contributed by atoms with Crippen LogP contribution in [0, 0.1) is 12.8 Å². The van der Waals surface area contributed by atoms with Crippen LogP contribution in [0.25, 0.3) is 0 Å². The smallest absolute Gasteiger partial charge is 0.257 e. The maximum Gasteiger partial charge on any atom is 0.257 e. The highest BCUT2D eigenvalue weighted by molar-refractivity contribution is 5.95. The summed E-state index contributed by atoms with van der Waals surface area (Å²) in [4.78, 5) is 30.7. The summed E-state index contributed by atoms with van der Waals surface area (Å²) in [7, 11) is 0. The zero-order chi connectivity index (χ0) is 22.4. The van der Waals surface area contributed by atoms with Gasteiger partial charge in [-0.05, 0) is 39.0 Å². The van der Waals surface area contributed by atoms with Gasteiger partial charge in [0.15, 0.2) is 0 Å². The molecule has 1 aliphatic heterocycles. The maximum absolute atomic E-state index is 13.3. The van der Waals surface area contributed by atoms with Crippen molar-refractivity contribution in [3.8, 4) is 0 Å². The van der Waals surface area contributed by atoms with Gasteiger partial charge in [0.05, 0.1) is 11.8 Å². The Kier molecular flexibility index (Phi) is 8.14. The fourth-order valence-corrected chi connectivity index (χ4v) is 5.38. The minimum Gasteiger partial charge on any atom is -0.354 e. The minimum atomic E-state index is -0.0232. The summed E-state index contributed by atoms with van der Waals surface area (Å²) in [6, 6.07) is 0. The molecule has 2 aliphatic rings. The number of aromatic nitrogens is 2. The molecule has 2 fully saturated rings. The zero-order valence-corrected chi connectivity index (χ0v) is 20.0. The Hall–Kier alpha value is -1.89. The van der Waals surface area contributed by atoms with Crippen molar-refractivity contribution in [1.29, 1.82) is 0 Å². The van der Waals surface area contributed by atoms with Crippen molar-refractivity contribution in [2.45, 2.75) is 84.7 Å². The fourth-order valence-electron chi connectivity index (χ4n) is 5.38. The van der Waals surface area contributed by atoms with Gasteiger partial charge < -0.3 is 10.2 Å². The third kappa shape index (κ3) is 5.68. The second-order valence-electron chi connectivity index (χ2n) is 9.76. The van der Waals surface area contributed by atoms with Gasteiger partial charge in [0.25, 0.3) is 5.91 Å². The molecule has 2 heterocycles. The molecular weight excluding hydrogens is 390 g/mol. The Morgan fingerprint density at radius 2 is 1.90 bits per heavy atom. The van der Waals surface area contributed by atoms with Gasteiger partial charge in [0.2, 0.25) is 5.91 Å². The van der Waals surface area contributed by atoms with E-state index >= 15 is 0 Å². The lowest BCUT2D eigenvalue weighted by molar-refractivity contribution is -0.125. The van der Waals surface area contributed by atoms with E-state index in [9.17, 15) is 9.59 Å². The SMILES string of the molecule is CCn1ncc(C(=O)N2CCCN(CC(C)C)C3(CCCCC3)CC(=O)NCC2)c1C. The summed E-state index contributed by atoms with van der Waals surface area (Å²) in [5.41, 5.74) is 1.56. The lowest BCUT2D eigenvalue weighted by Crippen LogP contribution is -2.54. The molecule has 0 atom stereocenters. The molecule has 7 nitrogen and oxygen atoms in total. The number of carbonyl (C=O) groups is 2. The number of hydrogen-bond acceptors (Lipinski definition) is 4. The number of nitrogens with zero attached hydrogens (tertiary/aromatic N) is 4. The molecule has 3 rings (SSSR count). The lowest BCUT2D eigenvalue weighted by Gasteiger charge is -2.47. The summed E-state index contributed by atoms with van der Waals surface area (Å²) in [5, 5.41) is 7.46. The predicted octanol–water partition coefficient (Wildman–Crippen LogP) is 3.22. The van der Waals surface area contributed by atoms with Crippen LogP contribution in [0.4, 0.5) is 0 Å². The van der Waals surface area contributed by atoms with E-state index in [1.165, 1.54) is 19.3 Å². The highest BCUT2D eigenvalue weighted by Gasteiger charge is 2.40. The van der Waals surface area contributed by atoms with E-state index in [2.05, 4.69) is 29.2 Å². The minimum absolute atomic E-state index is 0.0217. The fraction of sp³-hybridized carbons (Fsp3) is 0.792. The van der Waals surface area contributed by atoms with Crippen molar-refractivity contribution < 1.29 is 9.59 Å². The van der Waals surface area contributed by atoms with E-state index < -0.39 is 0 Å². The number of aryl methyl sites for hydroxylation is 1. The molecule has 1 aromatic heterocycles. The van der Waals surface area contributed by atoms with Crippen molar-refractivity contribution in [2.75, 3.05) is 32.7 Å². The molecule has 1 saturated carbocycles. The van der Waals surface area contributed by atoms with Gasteiger partial charge in [0, 0.05) is 56.9 Å². The molecule has 31 heavy (non-hydrogen) atoms. The number of nitrogens with one attached hydrogen (secondary N) is 1. The van der Waals surface area contributed by atoms with E-state index in [1.807, 2.05) is 23.4 Å². The van der Waals surface area contributed by atoms with Crippen LogP contribution in [-0.4, -0.2) is 69.7 Å². The number of hydrogen-bond donors (Lipinski definition) is 1. The van der Waals surface area contributed by atoms with Crippen molar-refractivity contribution >= 4 is 11.8 Å². The molecule has 1 saturated heterocycles. The van der Waals surface area contributed by atoms with Crippen LogP contribution in [0.2, 0.25) is 0 Å². The summed E-state index contributed by atoms with van der Waals surface area (Å²) < 4.78 is 1.86. The quantitative estimate of drug-likeness (QED) is 0.795. The lowest BCUT2D eigenvalue weighted by atomic mass is 9.77. The van der Waals surface area contributed by atoms with Crippen LogP contribution in [0.15, 0.2) is 6.20 Å². The van der Waals surface area contributed by atoms with E-state index in [0.717, 1.165) is 44.6 Å². The summed E-state index contributed by atoms with van der Waals surface area (Å²) in [6.07, 6.45) is 9.07. The summed E-state index contributed by atoms with van der Waals surface area (Å²) >= 11 is 0. The van der Waals surface area contributed by atoms with E-state index in [4.69, 9.17) is 0 Å². The molecule has 0 bridgehead atoms. The molecule has 2 amide bonds. The average molecular weight is 432 g/mol. The standard InChI is InChI=1S/C24H41N5O2/c1-5-29-20(4)21(17-26-29)23(31)27-13-9-14-28(18-19(2)3)24(10-7-6-8-11-24)16-22(30)25-12-15-27/h17,19H,5-16,18H2,1-4H3,(H,25,30). The van der Waals surface area contributed by atoms with Crippen LogP contribution in [0.1, 0.15) is 81.8 Å². The highest BCUT2D eigenvalue weighted by Crippen LogP contribution is 2.37. The molecule has 7 heteroatoms. The molecule has 1 aliphatic carbocycles. The highest BCUT2D eigenvalue weighted by atomic mass is 16.2. The van der Waals surface area contributed by atoms with Crippen molar-refractivity contribution in [3.05, 3.63) is 17.5 Å². The topological polar surface area (TPSA) is 70.5 Å². The predicted molar refractivity (Wildman–Crippen MR) is 123 cm³/mol. The van der Waals surface area contributed by atoms with Gasteiger partial charge in [0.1, 0.15) is 0 Å². The normalized spacial score (nSPS) is 21.2. The Labute approximate surface area is 187 Å². The molecule has 174 valence electrons. The number of amides is 2. The van der Waals surface area contributed by atoms with Crippen molar-refractivity contribution in [2.24, 2.45) is 5.92 Å². The van der Waals surface area contributed by atoms with Gasteiger partial charge in [-0.15, -0.1) is 0 Å². The van der Waals surface area contributed by atoms with E-state index in [0.29, 0.717) is 37.5 Å². The summed E-state index contributed by atoms with van der Waals surface area (Å²) in [5.74, 6) is 0.695. The van der Waals surface area contributed by atoms with Gasteiger partial charge in [-0.3, -0.25) is 19.2 Å². The first-order valence-electron chi connectivity index (χ1n) is 12.2.